The van der Waals surface area contributed by atoms with Crippen molar-refractivity contribution in [1.82, 2.24) is 4.90 Å². The van der Waals surface area contributed by atoms with Crippen molar-refractivity contribution in [3.05, 3.63) is 28.8 Å². The summed E-state index contributed by atoms with van der Waals surface area (Å²) in [6.07, 6.45) is 4.68. The molecule has 0 aliphatic heterocycles. The summed E-state index contributed by atoms with van der Waals surface area (Å²) < 4.78 is 0. The van der Waals surface area contributed by atoms with E-state index in [9.17, 15) is 9.59 Å². The minimum Gasteiger partial charge on any atom is -0.345 e. The van der Waals surface area contributed by atoms with Crippen LogP contribution < -0.4 is 11.1 Å². The molecule has 126 valence electrons. The highest BCUT2D eigenvalue weighted by molar-refractivity contribution is 6.34. The van der Waals surface area contributed by atoms with Gasteiger partial charge < -0.3 is 16.0 Å². The lowest BCUT2D eigenvalue weighted by Crippen LogP contribution is -2.35. The number of benzene rings is 1. The molecule has 1 saturated carbocycles. The first-order valence-electron chi connectivity index (χ1n) is 7.95. The summed E-state index contributed by atoms with van der Waals surface area (Å²) in [6, 6.07) is 5.04. The molecular weight excluding hydrogens is 314 g/mol. The molecule has 23 heavy (non-hydrogen) atoms. The summed E-state index contributed by atoms with van der Waals surface area (Å²) in [7, 11) is 3.32. The Labute approximate surface area is 142 Å². The predicted octanol–water partition coefficient (Wildman–Crippen LogP) is 2.89. The van der Waals surface area contributed by atoms with Gasteiger partial charge in [0.2, 0.25) is 5.91 Å². The molecule has 6 heteroatoms. The van der Waals surface area contributed by atoms with Gasteiger partial charge >= 0.3 is 0 Å². The van der Waals surface area contributed by atoms with Crippen LogP contribution in [0.15, 0.2) is 18.2 Å². The number of nitrogens with two attached hydrogens (primary N) is 1. The summed E-state index contributed by atoms with van der Waals surface area (Å²) in [5, 5.41) is 3.22. The van der Waals surface area contributed by atoms with Crippen molar-refractivity contribution in [2.45, 2.75) is 38.1 Å². The fraction of sp³-hybridized carbons (Fsp3) is 0.529. The van der Waals surface area contributed by atoms with E-state index in [1.165, 1.54) is 4.90 Å². The Morgan fingerprint density at radius 1 is 1.30 bits per heavy atom. The largest absolute Gasteiger partial charge is 0.345 e. The highest BCUT2D eigenvalue weighted by atomic mass is 35.5. The number of carbonyl (C=O) groups is 2. The van der Waals surface area contributed by atoms with E-state index in [0.29, 0.717) is 22.7 Å². The fourth-order valence-electron chi connectivity index (χ4n) is 2.95. The van der Waals surface area contributed by atoms with E-state index in [2.05, 4.69) is 5.32 Å². The van der Waals surface area contributed by atoms with E-state index < -0.39 is 0 Å². The van der Waals surface area contributed by atoms with Crippen LogP contribution >= 0.6 is 11.6 Å². The normalized spacial score (nSPS) is 20.9. The molecule has 5 nitrogen and oxygen atoms in total. The smallest absolute Gasteiger partial charge is 0.254 e. The molecular formula is C17H24ClN3O2. The lowest BCUT2D eigenvalue weighted by Gasteiger charge is -2.28. The third-order valence-electron chi connectivity index (χ3n) is 4.30. The van der Waals surface area contributed by atoms with Crippen LogP contribution in [0.4, 0.5) is 5.69 Å². The number of amides is 2. The van der Waals surface area contributed by atoms with E-state index >= 15 is 0 Å². The van der Waals surface area contributed by atoms with Gasteiger partial charge in [-0.1, -0.05) is 24.4 Å². The first-order chi connectivity index (χ1) is 10.9. The maximum absolute atomic E-state index is 12.2. The van der Waals surface area contributed by atoms with Crippen molar-refractivity contribution < 1.29 is 9.59 Å². The van der Waals surface area contributed by atoms with E-state index in [0.717, 1.165) is 25.7 Å². The van der Waals surface area contributed by atoms with Crippen LogP contribution in [0.25, 0.3) is 0 Å². The average molecular weight is 338 g/mol. The van der Waals surface area contributed by atoms with Crippen LogP contribution in [0.2, 0.25) is 5.02 Å². The Kier molecular flexibility index (Phi) is 6.02. The third-order valence-corrected chi connectivity index (χ3v) is 4.63. The number of nitrogens with zero attached hydrogens (tertiary/aromatic N) is 1. The fourth-order valence-corrected chi connectivity index (χ4v) is 3.15. The zero-order chi connectivity index (χ0) is 17.0. The Balaban J connectivity index is 2.03. The molecule has 1 aromatic carbocycles. The Morgan fingerprint density at radius 2 is 2.00 bits per heavy atom. The van der Waals surface area contributed by atoms with Crippen LogP contribution in [0.3, 0.4) is 0 Å². The van der Waals surface area contributed by atoms with Crippen molar-refractivity contribution in [2.24, 2.45) is 11.7 Å². The number of hydrogen-bond donors (Lipinski definition) is 2. The molecule has 1 aromatic rings. The summed E-state index contributed by atoms with van der Waals surface area (Å²) in [5.74, 6) is -0.0303. The van der Waals surface area contributed by atoms with Gasteiger partial charge in [0.05, 0.1) is 10.6 Å². The molecule has 0 radical (unpaired) electrons. The Bertz CT molecular complexity index is 589. The third kappa shape index (κ3) is 4.69. The van der Waals surface area contributed by atoms with Crippen LogP contribution in [0.5, 0.6) is 0 Å². The van der Waals surface area contributed by atoms with Crippen LogP contribution in [-0.4, -0.2) is 36.9 Å². The first kappa shape index (κ1) is 17.8. The van der Waals surface area contributed by atoms with Gasteiger partial charge in [0.15, 0.2) is 0 Å². The summed E-state index contributed by atoms with van der Waals surface area (Å²) in [4.78, 5) is 25.8. The van der Waals surface area contributed by atoms with Gasteiger partial charge in [-0.2, -0.15) is 0 Å². The summed E-state index contributed by atoms with van der Waals surface area (Å²) in [6.45, 7) is 0. The first-order valence-corrected chi connectivity index (χ1v) is 8.33. The van der Waals surface area contributed by atoms with Crippen molar-refractivity contribution in [3.63, 3.8) is 0 Å². The number of nitrogens with one attached hydrogen (secondary N) is 1. The lowest BCUT2D eigenvalue weighted by molar-refractivity contribution is -0.117. The summed E-state index contributed by atoms with van der Waals surface area (Å²) >= 11 is 6.07. The second kappa shape index (κ2) is 7.79. The number of hydrogen-bond acceptors (Lipinski definition) is 3. The molecule has 0 bridgehead atoms. The molecule has 0 heterocycles. The minimum absolute atomic E-state index is 0.0714. The maximum Gasteiger partial charge on any atom is 0.254 e. The minimum atomic E-state index is -0.194. The molecule has 2 atom stereocenters. The highest BCUT2D eigenvalue weighted by Gasteiger charge is 2.24. The van der Waals surface area contributed by atoms with Gasteiger partial charge in [-0.05, 0) is 37.0 Å². The maximum atomic E-state index is 12.2. The molecule has 1 fully saturated rings. The van der Waals surface area contributed by atoms with Crippen LogP contribution in [0.1, 0.15) is 42.5 Å². The number of carbonyl (C=O) groups excluding carboxylic acids is 2. The van der Waals surface area contributed by atoms with Gasteiger partial charge in [0.1, 0.15) is 0 Å². The van der Waals surface area contributed by atoms with Crippen molar-refractivity contribution in [1.29, 1.82) is 0 Å². The van der Waals surface area contributed by atoms with Gasteiger partial charge in [0.25, 0.3) is 5.91 Å². The van der Waals surface area contributed by atoms with E-state index in [1.807, 2.05) is 0 Å². The van der Waals surface area contributed by atoms with Crippen LogP contribution in [0, 0.1) is 5.92 Å². The van der Waals surface area contributed by atoms with Gasteiger partial charge in [0, 0.05) is 32.2 Å². The molecule has 1 aliphatic rings. The molecule has 3 N–H and O–H groups in total. The number of halogens is 1. The molecule has 0 saturated heterocycles. The molecule has 2 unspecified atom stereocenters. The second-order valence-corrected chi connectivity index (χ2v) is 6.76. The highest BCUT2D eigenvalue weighted by Crippen LogP contribution is 2.27. The average Bonchev–Trinajstić information content (AvgIpc) is 2.50. The second-order valence-electron chi connectivity index (χ2n) is 6.35. The molecule has 0 spiro atoms. The van der Waals surface area contributed by atoms with Crippen LogP contribution in [-0.2, 0) is 4.79 Å². The lowest BCUT2D eigenvalue weighted by atomic mass is 9.83. The van der Waals surface area contributed by atoms with E-state index in [1.54, 1.807) is 32.3 Å². The van der Waals surface area contributed by atoms with E-state index in [-0.39, 0.29) is 23.8 Å². The van der Waals surface area contributed by atoms with Crippen molar-refractivity contribution >= 4 is 29.1 Å². The zero-order valence-corrected chi connectivity index (χ0v) is 14.4. The van der Waals surface area contributed by atoms with Crippen molar-refractivity contribution in [2.75, 3.05) is 19.4 Å². The predicted molar refractivity (Wildman–Crippen MR) is 92.6 cm³/mol. The zero-order valence-electron chi connectivity index (χ0n) is 13.6. The number of rotatable bonds is 4. The summed E-state index contributed by atoms with van der Waals surface area (Å²) in [5.41, 5.74) is 7.05. The molecule has 1 aliphatic carbocycles. The Morgan fingerprint density at radius 3 is 2.65 bits per heavy atom. The molecule has 2 rings (SSSR count). The SMILES string of the molecule is CN(C)C(=O)c1cc(NC(=O)CC2CCCCC2N)ccc1Cl. The topological polar surface area (TPSA) is 75.4 Å². The van der Waals surface area contributed by atoms with Gasteiger partial charge in [-0.3, -0.25) is 9.59 Å². The number of anilines is 1. The molecule has 2 amide bonds. The Hall–Kier alpha value is -1.59. The monoisotopic (exact) mass is 337 g/mol. The molecule has 0 aromatic heterocycles. The van der Waals surface area contributed by atoms with Crippen molar-refractivity contribution in [3.8, 4) is 0 Å². The van der Waals surface area contributed by atoms with Gasteiger partial charge in [-0.15, -0.1) is 0 Å². The standard InChI is InChI=1S/C17H24ClN3O2/c1-21(2)17(23)13-10-12(7-8-14(13)18)20-16(22)9-11-5-3-4-6-15(11)19/h7-8,10-11,15H,3-6,9,19H2,1-2H3,(H,20,22). The quantitative estimate of drug-likeness (QED) is 0.887. The van der Waals surface area contributed by atoms with E-state index in [4.69, 9.17) is 17.3 Å². The van der Waals surface area contributed by atoms with Gasteiger partial charge in [-0.25, -0.2) is 0 Å².